The summed E-state index contributed by atoms with van der Waals surface area (Å²) in [6.45, 7) is 0.706. The Morgan fingerprint density at radius 3 is 2.94 bits per heavy atom. The normalized spacial score (nSPS) is 24.8. The first-order valence-corrected chi connectivity index (χ1v) is 5.72. The highest BCUT2D eigenvalue weighted by Gasteiger charge is 2.25. The Bertz CT molecular complexity index is 463. The van der Waals surface area contributed by atoms with E-state index in [0.717, 1.165) is 25.7 Å². The molecule has 5 nitrogen and oxygen atoms in total. The molecule has 0 radical (unpaired) electrons. The highest BCUT2D eigenvalue weighted by Crippen LogP contribution is 2.34. The van der Waals surface area contributed by atoms with Gasteiger partial charge in [0.25, 0.3) is 5.56 Å². The van der Waals surface area contributed by atoms with E-state index in [1.165, 1.54) is 6.07 Å². The van der Waals surface area contributed by atoms with Crippen molar-refractivity contribution in [3.63, 3.8) is 0 Å². The summed E-state index contributed by atoms with van der Waals surface area (Å²) in [7, 11) is 0. The second-order valence-electron chi connectivity index (χ2n) is 4.43. The fourth-order valence-electron chi connectivity index (χ4n) is 2.51. The Labute approximate surface area is 93.3 Å². The average molecular weight is 223 g/mol. The molecule has 5 heteroatoms. The number of nitrogens with one attached hydrogen (secondary N) is 1. The first-order chi connectivity index (χ1) is 7.70. The zero-order chi connectivity index (χ0) is 11.5. The third kappa shape index (κ3) is 2.24. The maximum Gasteiger partial charge on any atom is 0.328 e. The van der Waals surface area contributed by atoms with Crippen LogP contribution in [-0.2, 0) is 0 Å². The van der Waals surface area contributed by atoms with Crippen molar-refractivity contribution in [2.45, 2.75) is 31.7 Å². The van der Waals surface area contributed by atoms with Gasteiger partial charge in [0.2, 0.25) is 0 Å². The van der Waals surface area contributed by atoms with Crippen molar-refractivity contribution in [2.24, 2.45) is 11.7 Å². The second kappa shape index (κ2) is 4.65. The van der Waals surface area contributed by atoms with E-state index in [0.29, 0.717) is 12.5 Å². The number of rotatable bonds is 3. The van der Waals surface area contributed by atoms with Crippen LogP contribution in [0, 0.1) is 5.92 Å². The quantitative estimate of drug-likeness (QED) is 0.769. The van der Waals surface area contributed by atoms with Crippen LogP contribution in [0.1, 0.15) is 31.7 Å². The molecule has 2 rings (SSSR count). The molecule has 2 atom stereocenters. The lowest BCUT2D eigenvalue weighted by molar-refractivity contribution is 0.446. The lowest BCUT2D eigenvalue weighted by Gasteiger charge is -2.13. The summed E-state index contributed by atoms with van der Waals surface area (Å²) in [5, 5.41) is 0. The number of nitrogens with two attached hydrogens (primary N) is 1. The van der Waals surface area contributed by atoms with Gasteiger partial charge >= 0.3 is 5.69 Å². The van der Waals surface area contributed by atoms with E-state index < -0.39 is 0 Å². The minimum absolute atomic E-state index is 0.223. The summed E-state index contributed by atoms with van der Waals surface area (Å²) in [6.07, 6.45) is 5.72. The van der Waals surface area contributed by atoms with E-state index in [1.54, 1.807) is 10.8 Å². The lowest BCUT2D eigenvalue weighted by Crippen LogP contribution is -2.30. The van der Waals surface area contributed by atoms with Crippen LogP contribution >= 0.6 is 0 Å². The molecule has 2 unspecified atom stereocenters. The zero-order valence-electron chi connectivity index (χ0n) is 9.19. The Morgan fingerprint density at radius 1 is 1.44 bits per heavy atom. The zero-order valence-corrected chi connectivity index (χ0v) is 9.19. The molecule has 16 heavy (non-hydrogen) atoms. The Hall–Kier alpha value is -1.36. The van der Waals surface area contributed by atoms with Gasteiger partial charge < -0.3 is 5.73 Å². The molecule has 0 aliphatic heterocycles. The largest absolute Gasteiger partial charge is 0.330 e. The van der Waals surface area contributed by atoms with Crippen LogP contribution in [0.4, 0.5) is 0 Å². The molecular weight excluding hydrogens is 206 g/mol. The van der Waals surface area contributed by atoms with E-state index >= 15 is 0 Å². The monoisotopic (exact) mass is 223 g/mol. The minimum Gasteiger partial charge on any atom is -0.330 e. The molecule has 1 saturated carbocycles. The van der Waals surface area contributed by atoms with Crippen molar-refractivity contribution < 1.29 is 0 Å². The van der Waals surface area contributed by atoms with Crippen molar-refractivity contribution in [3.8, 4) is 0 Å². The van der Waals surface area contributed by atoms with Gasteiger partial charge in [-0.2, -0.15) is 0 Å². The number of H-pyrrole nitrogens is 1. The molecule has 1 aromatic rings. The maximum atomic E-state index is 11.6. The molecule has 3 N–H and O–H groups in total. The van der Waals surface area contributed by atoms with Crippen LogP contribution in [0.3, 0.4) is 0 Å². The van der Waals surface area contributed by atoms with Gasteiger partial charge in [-0.1, -0.05) is 0 Å². The Balaban J connectivity index is 2.14. The maximum absolute atomic E-state index is 11.6. The van der Waals surface area contributed by atoms with Gasteiger partial charge in [-0.3, -0.25) is 14.3 Å². The van der Waals surface area contributed by atoms with E-state index in [-0.39, 0.29) is 17.3 Å². The van der Waals surface area contributed by atoms with Crippen molar-refractivity contribution in [1.29, 1.82) is 0 Å². The Kier molecular flexibility index (Phi) is 3.24. The van der Waals surface area contributed by atoms with Crippen LogP contribution in [0.25, 0.3) is 0 Å². The van der Waals surface area contributed by atoms with Crippen molar-refractivity contribution in [2.75, 3.05) is 6.54 Å². The first kappa shape index (κ1) is 11.1. The predicted octanol–water partition coefficient (Wildman–Crippen LogP) is 0.227. The molecular formula is C11H17N3O2. The highest BCUT2D eigenvalue weighted by atomic mass is 16.2. The standard InChI is InChI=1S/C11H17N3O2/c12-5-3-8-1-2-9(7-8)14-6-4-10(15)13-11(14)16/h4,6,8-9H,1-3,5,7,12H2,(H,13,15,16). The summed E-state index contributed by atoms with van der Waals surface area (Å²) in [5.74, 6) is 0.619. The van der Waals surface area contributed by atoms with E-state index in [1.807, 2.05) is 0 Å². The fourth-order valence-corrected chi connectivity index (χ4v) is 2.51. The summed E-state index contributed by atoms with van der Waals surface area (Å²) in [4.78, 5) is 24.8. The molecule has 0 amide bonds. The number of nitrogens with zero attached hydrogens (tertiary/aromatic N) is 1. The molecule has 1 heterocycles. The van der Waals surface area contributed by atoms with Crippen LogP contribution in [0.5, 0.6) is 0 Å². The summed E-state index contributed by atoms with van der Waals surface area (Å²) in [5.41, 5.74) is 4.89. The molecule has 0 saturated heterocycles. The van der Waals surface area contributed by atoms with Gasteiger partial charge in [-0.05, 0) is 38.1 Å². The van der Waals surface area contributed by atoms with Crippen molar-refractivity contribution >= 4 is 0 Å². The van der Waals surface area contributed by atoms with E-state index in [2.05, 4.69) is 4.98 Å². The average Bonchev–Trinajstić information content (AvgIpc) is 2.67. The summed E-state index contributed by atoms with van der Waals surface area (Å²) < 4.78 is 1.64. The summed E-state index contributed by atoms with van der Waals surface area (Å²) >= 11 is 0. The molecule has 1 aromatic heterocycles. The second-order valence-corrected chi connectivity index (χ2v) is 4.43. The third-order valence-corrected chi connectivity index (χ3v) is 3.33. The third-order valence-electron chi connectivity index (χ3n) is 3.33. The topological polar surface area (TPSA) is 80.9 Å². The molecule has 0 bridgehead atoms. The Morgan fingerprint density at radius 2 is 2.25 bits per heavy atom. The van der Waals surface area contributed by atoms with Crippen molar-refractivity contribution in [1.82, 2.24) is 9.55 Å². The predicted molar refractivity (Wildman–Crippen MR) is 61.4 cm³/mol. The number of aromatic amines is 1. The smallest absolute Gasteiger partial charge is 0.328 e. The van der Waals surface area contributed by atoms with Gasteiger partial charge in [0.1, 0.15) is 0 Å². The van der Waals surface area contributed by atoms with E-state index in [9.17, 15) is 9.59 Å². The number of hydrogen-bond acceptors (Lipinski definition) is 3. The number of aromatic nitrogens is 2. The molecule has 88 valence electrons. The van der Waals surface area contributed by atoms with Crippen LogP contribution in [0.2, 0.25) is 0 Å². The van der Waals surface area contributed by atoms with E-state index in [4.69, 9.17) is 5.73 Å². The molecule has 1 aliphatic carbocycles. The first-order valence-electron chi connectivity index (χ1n) is 5.72. The molecule has 1 aliphatic rings. The lowest BCUT2D eigenvalue weighted by atomic mass is 10.0. The minimum atomic E-state index is -0.335. The highest BCUT2D eigenvalue weighted by molar-refractivity contribution is 4.89. The van der Waals surface area contributed by atoms with Crippen LogP contribution < -0.4 is 17.0 Å². The van der Waals surface area contributed by atoms with Crippen LogP contribution in [0.15, 0.2) is 21.9 Å². The van der Waals surface area contributed by atoms with Crippen molar-refractivity contribution in [3.05, 3.63) is 33.1 Å². The SMILES string of the molecule is NCCC1CCC(n2ccc(=O)[nH]c2=O)C1. The van der Waals surface area contributed by atoms with Gasteiger partial charge in [0.05, 0.1) is 0 Å². The van der Waals surface area contributed by atoms with Gasteiger partial charge in [-0.25, -0.2) is 4.79 Å². The molecule has 0 spiro atoms. The van der Waals surface area contributed by atoms with Gasteiger partial charge in [-0.15, -0.1) is 0 Å². The molecule has 1 fully saturated rings. The summed E-state index contributed by atoms with van der Waals surface area (Å²) in [6, 6.07) is 1.62. The van der Waals surface area contributed by atoms with Gasteiger partial charge in [0.15, 0.2) is 0 Å². The fraction of sp³-hybridized carbons (Fsp3) is 0.636. The molecule has 0 aromatic carbocycles. The number of hydrogen-bond donors (Lipinski definition) is 2. The van der Waals surface area contributed by atoms with Crippen LogP contribution in [-0.4, -0.2) is 16.1 Å². The van der Waals surface area contributed by atoms with Gasteiger partial charge in [0, 0.05) is 18.3 Å².